The maximum atomic E-state index is 13.7. The van der Waals surface area contributed by atoms with E-state index in [2.05, 4.69) is 12.2 Å². The molecule has 9 heteroatoms. The zero-order chi connectivity index (χ0) is 27.1. The number of ketones is 1. The SMILES string of the molecule is CCCCCCCC(CC)C(=O)N(C(=O)C(=O)C(N)CCC)C(=O)[C@@H](NC(=O)CN)c1ccccc1. The molecule has 0 saturated heterocycles. The molecule has 0 bridgehead atoms. The summed E-state index contributed by atoms with van der Waals surface area (Å²) < 4.78 is 0. The summed E-state index contributed by atoms with van der Waals surface area (Å²) in [7, 11) is 0. The van der Waals surface area contributed by atoms with Crippen molar-refractivity contribution in [2.24, 2.45) is 17.4 Å². The molecule has 5 N–H and O–H groups in total. The summed E-state index contributed by atoms with van der Waals surface area (Å²) in [6.07, 6.45) is 6.57. The summed E-state index contributed by atoms with van der Waals surface area (Å²) in [5.74, 6) is -5.29. The summed E-state index contributed by atoms with van der Waals surface area (Å²) in [5, 5.41) is 2.49. The van der Waals surface area contributed by atoms with E-state index in [4.69, 9.17) is 11.5 Å². The number of hydrogen-bond acceptors (Lipinski definition) is 7. The Kier molecular flexibility index (Phi) is 14.4. The van der Waals surface area contributed by atoms with E-state index in [1.165, 1.54) is 0 Å². The Labute approximate surface area is 214 Å². The number of nitrogens with one attached hydrogen (secondary N) is 1. The molecule has 4 amide bonds. The van der Waals surface area contributed by atoms with Crippen molar-refractivity contribution in [2.45, 2.75) is 90.6 Å². The first-order valence-electron chi connectivity index (χ1n) is 13.0. The number of hydrogen-bond donors (Lipinski definition) is 3. The van der Waals surface area contributed by atoms with Gasteiger partial charge in [0.05, 0.1) is 12.6 Å². The van der Waals surface area contributed by atoms with Crippen LogP contribution in [0.2, 0.25) is 0 Å². The van der Waals surface area contributed by atoms with Gasteiger partial charge in [-0.1, -0.05) is 89.6 Å². The molecule has 9 nitrogen and oxygen atoms in total. The van der Waals surface area contributed by atoms with Crippen LogP contribution in [0.25, 0.3) is 0 Å². The second kappa shape index (κ2) is 16.7. The highest BCUT2D eigenvalue weighted by Gasteiger charge is 2.41. The fourth-order valence-electron chi connectivity index (χ4n) is 3.98. The second-order valence-electron chi connectivity index (χ2n) is 9.00. The Morgan fingerprint density at radius 1 is 0.861 bits per heavy atom. The van der Waals surface area contributed by atoms with Gasteiger partial charge >= 0.3 is 5.91 Å². The zero-order valence-corrected chi connectivity index (χ0v) is 21.8. The lowest BCUT2D eigenvalue weighted by Gasteiger charge is -2.28. The monoisotopic (exact) mass is 502 g/mol. The van der Waals surface area contributed by atoms with Crippen molar-refractivity contribution in [2.75, 3.05) is 6.54 Å². The third kappa shape index (κ3) is 9.28. The van der Waals surface area contributed by atoms with Crippen molar-refractivity contribution in [3.8, 4) is 0 Å². The molecule has 0 aliphatic heterocycles. The lowest BCUT2D eigenvalue weighted by atomic mass is 9.95. The fraction of sp³-hybridized carbons (Fsp3) is 0.593. The molecule has 200 valence electrons. The maximum absolute atomic E-state index is 13.7. The minimum Gasteiger partial charge on any atom is -0.339 e. The second-order valence-corrected chi connectivity index (χ2v) is 9.00. The minimum atomic E-state index is -1.37. The smallest absolute Gasteiger partial charge is 0.305 e. The van der Waals surface area contributed by atoms with Gasteiger partial charge in [0.15, 0.2) is 0 Å². The van der Waals surface area contributed by atoms with Gasteiger partial charge in [-0.15, -0.1) is 0 Å². The van der Waals surface area contributed by atoms with E-state index in [1.54, 1.807) is 37.3 Å². The first-order chi connectivity index (χ1) is 17.2. The summed E-state index contributed by atoms with van der Waals surface area (Å²) >= 11 is 0. The Hall–Kier alpha value is -2.91. The van der Waals surface area contributed by atoms with Gasteiger partial charge in [0.1, 0.15) is 6.04 Å². The van der Waals surface area contributed by atoms with Crippen LogP contribution in [-0.2, 0) is 24.0 Å². The van der Waals surface area contributed by atoms with Crippen LogP contribution in [0.3, 0.4) is 0 Å². The highest BCUT2D eigenvalue weighted by Crippen LogP contribution is 2.22. The lowest BCUT2D eigenvalue weighted by Crippen LogP contribution is -2.55. The Morgan fingerprint density at radius 3 is 2.06 bits per heavy atom. The third-order valence-corrected chi connectivity index (χ3v) is 6.16. The molecule has 0 saturated carbocycles. The van der Waals surface area contributed by atoms with Crippen LogP contribution in [0.4, 0.5) is 0 Å². The molecule has 0 fully saturated rings. The first kappa shape index (κ1) is 31.1. The van der Waals surface area contributed by atoms with Crippen molar-refractivity contribution >= 4 is 29.4 Å². The predicted octanol–water partition coefficient (Wildman–Crippen LogP) is 2.77. The topological polar surface area (TPSA) is 153 Å². The van der Waals surface area contributed by atoms with Crippen molar-refractivity contribution in [3.05, 3.63) is 35.9 Å². The van der Waals surface area contributed by atoms with E-state index >= 15 is 0 Å². The van der Waals surface area contributed by atoms with Crippen LogP contribution in [0.5, 0.6) is 0 Å². The van der Waals surface area contributed by atoms with Gasteiger partial charge in [0.25, 0.3) is 5.91 Å². The molecular formula is C27H42N4O5. The number of rotatable bonds is 16. The Balaban J connectivity index is 3.37. The van der Waals surface area contributed by atoms with Crippen molar-refractivity contribution in [1.29, 1.82) is 0 Å². The highest BCUT2D eigenvalue weighted by molar-refractivity contribution is 6.43. The van der Waals surface area contributed by atoms with Crippen molar-refractivity contribution in [3.63, 3.8) is 0 Å². The zero-order valence-electron chi connectivity index (χ0n) is 21.8. The predicted molar refractivity (Wildman–Crippen MR) is 138 cm³/mol. The van der Waals surface area contributed by atoms with E-state index < -0.39 is 54.0 Å². The van der Waals surface area contributed by atoms with Gasteiger partial charge < -0.3 is 16.8 Å². The van der Waals surface area contributed by atoms with E-state index in [9.17, 15) is 24.0 Å². The van der Waals surface area contributed by atoms with Crippen LogP contribution in [0.1, 0.15) is 90.2 Å². The minimum absolute atomic E-state index is 0.238. The number of carbonyl (C=O) groups is 5. The van der Waals surface area contributed by atoms with Gasteiger partial charge in [-0.3, -0.25) is 24.0 Å². The molecule has 36 heavy (non-hydrogen) atoms. The molecule has 0 radical (unpaired) electrons. The average Bonchev–Trinajstić information content (AvgIpc) is 2.89. The Bertz CT molecular complexity index is 874. The number of amides is 4. The molecule has 0 heterocycles. The first-order valence-corrected chi connectivity index (χ1v) is 13.0. The van der Waals surface area contributed by atoms with Gasteiger partial charge in [-0.25, -0.2) is 4.90 Å². The van der Waals surface area contributed by atoms with E-state index in [-0.39, 0.29) is 6.42 Å². The van der Waals surface area contributed by atoms with Crippen LogP contribution in [0.15, 0.2) is 30.3 Å². The molecule has 0 aliphatic rings. The van der Waals surface area contributed by atoms with Crippen LogP contribution in [-0.4, -0.2) is 46.9 Å². The summed E-state index contributed by atoms with van der Waals surface area (Å²) in [5.41, 5.74) is 11.7. The molecule has 1 aromatic rings. The number of carbonyl (C=O) groups excluding carboxylic acids is 5. The van der Waals surface area contributed by atoms with Crippen molar-refractivity contribution < 1.29 is 24.0 Å². The third-order valence-electron chi connectivity index (χ3n) is 6.16. The quantitative estimate of drug-likeness (QED) is 0.232. The van der Waals surface area contributed by atoms with Gasteiger partial charge in [-0.05, 0) is 24.8 Å². The molecule has 0 aromatic heterocycles. The lowest BCUT2D eigenvalue weighted by molar-refractivity contribution is -0.161. The average molecular weight is 503 g/mol. The molecule has 0 spiro atoms. The van der Waals surface area contributed by atoms with E-state index in [1.807, 2.05) is 6.92 Å². The van der Waals surface area contributed by atoms with E-state index in [0.29, 0.717) is 29.7 Å². The molecule has 2 unspecified atom stereocenters. The summed E-state index contributed by atoms with van der Waals surface area (Å²) in [4.78, 5) is 66.0. The summed E-state index contributed by atoms with van der Waals surface area (Å²) in [6, 6.07) is 5.71. The molecular weight excluding hydrogens is 460 g/mol. The van der Waals surface area contributed by atoms with E-state index in [0.717, 1.165) is 32.1 Å². The number of Topliss-reactive ketones (excluding diaryl/α,β-unsaturated/α-hetero) is 1. The highest BCUT2D eigenvalue weighted by atomic mass is 16.2. The Morgan fingerprint density at radius 2 is 1.50 bits per heavy atom. The van der Waals surface area contributed by atoms with Gasteiger partial charge in [0.2, 0.25) is 17.6 Å². The number of benzene rings is 1. The number of unbranched alkanes of at least 4 members (excludes halogenated alkanes) is 4. The largest absolute Gasteiger partial charge is 0.339 e. The van der Waals surface area contributed by atoms with Crippen LogP contribution in [0, 0.1) is 5.92 Å². The maximum Gasteiger partial charge on any atom is 0.305 e. The fourth-order valence-corrected chi connectivity index (χ4v) is 3.98. The molecule has 1 aromatic carbocycles. The molecule has 0 aliphatic carbocycles. The standard InChI is InChI=1S/C27H42N4O5/c1-4-7-8-9-11-15-19(6-3)25(34)31(27(36)24(33)21(29)14-5-2)26(35)23(30-22(32)18-28)20-16-12-10-13-17-20/h10,12-13,16-17,19,21,23H,4-9,11,14-15,18,28-29H2,1-3H3,(H,30,32)/t19?,21?,23-/m0/s1. The van der Waals surface area contributed by atoms with Crippen LogP contribution < -0.4 is 16.8 Å². The van der Waals surface area contributed by atoms with Crippen molar-refractivity contribution in [1.82, 2.24) is 10.2 Å². The number of imide groups is 3. The number of nitrogens with two attached hydrogens (primary N) is 2. The molecule has 3 atom stereocenters. The number of nitrogens with zero attached hydrogens (tertiary/aromatic N) is 1. The molecule has 1 rings (SSSR count). The van der Waals surface area contributed by atoms with Gasteiger partial charge in [0, 0.05) is 5.92 Å². The summed E-state index contributed by atoms with van der Waals surface area (Å²) in [6.45, 7) is 5.33. The van der Waals surface area contributed by atoms with Gasteiger partial charge in [-0.2, -0.15) is 0 Å². The normalized spacial score (nSPS) is 13.4. The van der Waals surface area contributed by atoms with Crippen LogP contribution >= 0.6 is 0 Å².